The molecule has 1 unspecified atom stereocenters. The van der Waals surface area contributed by atoms with Crippen molar-refractivity contribution in [3.8, 4) is 0 Å². The molecule has 0 aromatic carbocycles. The Hall–Kier alpha value is -1.40. The molecule has 0 aromatic rings. The largest absolute Gasteiger partial charge is 0.481 e. The van der Waals surface area contributed by atoms with Crippen molar-refractivity contribution in [2.45, 2.75) is 71.1 Å². The highest BCUT2D eigenvalue weighted by atomic mass is 16.6. The van der Waals surface area contributed by atoms with E-state index < -0.39 is 17.9 Å². The van der Waals surface area contributed by atoms with E-state index in [1.165, 1.54) is 38.5 Å². The van der Waals surface area contributed by atoms with E-state index in [0.717, 1.165) is 19.3 Å². The van der Waals surface area contributed by atoms with E-state index in [0.29, 0.717) is 0 Å². The molecule has 0 spiro atoms. The minimum Gasteiger partial charge on any atom is -0.481 e. The predicted molar refractivity (Wildman–Crippen MR) is 101 cm³/mol. The Morgan fingerprint density at radius 2 is 1.62 bits per heavy atom. The van der Waals surface area contributed by atoms with Crippen LogP contribution in [0.25, 0.3) is 0 Å². The number of unbranched alkanes of at least 4 members (excludes halogenated alkanes) is 8. The van der Waals surface area contributed by atoms with Crippen LogP contribution in [-0.4, -0.2) is 48.6 Å². The molecule has 0 amide bonds. The number of carbonyl (C=O) groups excluding carboxylic acids is 1. The van der Waals surface area contributed by atoms with Crippen LogP contribution < -0.4 is 0 Å². The Kier molecular flexibility index (Phi) is 17.4. The fourth-order valence-corrected chi connectivity index (χ4v) is 2.51. The number of hydrogen-bond acceptors (Lipinski definition) is 5. The minimum atomic E-state index is -1.02. The monoisotopic (exact) mass is 372 g/mol. The van der Waals surface area contributed by atoms with Crippen LogP contribution in [0, 0.1) is 5.92 Å². The molecule has 0 radical (unpaired) electrons. The van der Waals surface area contributed by atoms with Gasteiger partial charge in [0.15, 0.2) is 0 Å². The second kappa shape index (κ2) is 18.4. The van der Waals surface area contributed by atoms with Crippen LogP contribution in [0.3, 0.4) is 0 Å². The summed E-state index contributed by atoms with van der Waals surface area (Å²) in [6, 6.07) is 0. The Morgan fingerprint density at radius 1 is 0.962 bits per heavy atom. The number of aliphatic carboxylic acids is 1. The average molecular weight is 373 g/mol. The number of carboxylic acids is 1. The number of rotatable bonds is 18. The number of allylic oxidation sites excluding steroid dienone is 1. The van der Waals surface area contributed by atoms with Gasteiger partial charge in [0.2, 0.25) is 0 Å². The van der Waals surface area contributed by atoms with E-state index in [9.17, 15) is 14.7 Å². The van der Waals surface area contributed by atoms with Crippen molar-refractivity contribution >= 4 is 11.9 Å². The van der Waals surface area contributed by atoms with Crippen LogP contribution in [0.15, 0.2) is 12.2 Å². The summed E-state index contributed by atoms with van der Waals surface area (Å²) in [5.41, 5.74) is 0. The lowest BCUT2D eigenvalue weighted by Crippen LogP contribution is -2.19. The van der Waals surface area contributed by atoms with Gasteiger partial charge in [-0.05, 0) is 12.8 Å². The van der Waals surface area contributed by atoms with Gasteiger partial charge in [0.25, 0.3) is 0 Å². The highest BCUT2D eigenvalue weighted by molar-refractivity contribution is 5.80. The first-order valence-corrected chi connectivity index (χ1v) is 9.85. The molecule has 2 N–H and O–H groups in total. The number of esters is 1. The van der Waals surface area contributed by atoms with Crippen molar-refractivity contribution in [3.63, 3.8) is 0 Å². The highest BCUT2D eigenvalue weighted by Gasteiger charge is 2.19. The molecule has 0 rings (SSSR count). The third-order valence-electron chi connectivity index (χ3n) is 4.02. The van der Waals surface area contributed by atoms with E-state index in [4.69, 9.17) is 14.6 Å². The van der Waals surface area contributed by atoms with Gasteiger partial charge in [-0.1, -0.05) is 64.0 Å². The number of carbonyl (C=O) groups is 2. The molecule has 0 heterocycles. The lowest BCUT2D eigenvalue weighted by molar-refractivity contribution is -0.151. The predicted octanol–water partition coefficient (Wildman–Crippen LogP) is 3.72. The van der Waals surface area contributed by atoms with Gasteiger partial charge >= 0.3 is 11.9 Å². The van der Waals surface area contributed by atoms with Crippen molar-refractivity contribution in [1.29, 1.82) is 0 Å². The van der Waals surface area contributed by atoms with Crippen LogP contribution in [0.5, 0.6) is 0 Å². The van der Waals surface area contributed by atoms with Gasteiger partial charge in [0, 0.05) is 0 Å². The second-order valence-corrected chi connectivity index (χ2v) is 6.40. The molecule has 0 aliphatic heterocycles. The van der Waals surface area contributed by atoms with Crippen LogP contribution in [-0.2, 0) is 19.1 Å². The summed E-state index contributed by atoms with van der Waals surface area (Å²) in [7, 11) is 0. The van der Waals surface area contributed by atoms with Crippen molar-refractivity contribution in [2.75, 3.05) is 26.4 Å². The van der Waals surface area contributed by atoms with Crippen LogP contribution in [0.4, 0.5) is 0 Å². The smallest absolute Gasteiger partial charge is 0.310 e. The Bertz CT molecular complexity index is 380. The molecule has 0 saturated carbocycles. The summed E-state index contributed by atoms with van der Waals surface area (Å²) in [6.45, 7) is 2.57. The first-order chi connectivity index (χ1) is 12.6. The first kappa shape index (κ1) is 24.6. The fraction of sp³-hybridized carbons (Fsp3) is 0.800. The van der Waals surface area contributed by atoms with Crippen molar-refractivity contribution in [1.82, 2.24) is 0 Å². The van der Waals surface area contributed by atoms with Gasteiger partial charge in [-0.3, -0.25) is 9.59 Å². The van der Waals surface area contributed by atoms with Crippen molar-refractivity contribution in [3.05, 3.63) is 12.2 Å². The summed E-state index contributed by atoms with van der Waals surface area (Å²) < 4.78 is 9.89. The standard InChI is InChI=1S/C20H36O6/c1-2-3-4-5-6-7-8-9-10-11-12-18(20(23)24)17-19(22)26-16-15-25-14-13-21/h11-12,18,21H,2-10,13-17H2,1H3,(H,23,24). The van der Waals surface area contributed by atoms with Crippen molar-refractivity contribution < 1.29 is 29.3 Å². The number of hydrogen-bond donors (Lipinski definition) is 2. The van der Waals surface area contributed by atoms with Gasteiger partial charge in [-0.2, -0.15) is 0 Å². The molecule has 0 aliphatic carbocycles. The van der Waals surface area contributed by atoms with Crippen LogP contribution >= 0.6 is 0 Å². The Morgan fingerprint density at radius 3 is 2.23 bits per heavy atom. The van der Waals surface area contributed by atoms with Gasteiger partial charge in [0.1, 0.15) is 6.61 Å². The summed E-state index contributed by atoms with van der Waals surface area (Å²) in [5, 5.41) is 17.7. The van der Waals surface area contributed by atoms with Gasteiger partial charge in [-0.15, -0.1) is 0 Å². The molecule has 6 heteroatoms. The maximum absolute atomic E-state index is 11.6. The molecule has 0 aromatic heterocycles. The zero-order chi connectivity index (χ0) is 19.5. The maximum atomic E-state index is 11.6. The summed E-state index contributed by atoms with van der Waals surface area (Å²) in [4.78, 5) is 22.9. The van der Waals surface area contributed by atoms with E-state index >= 15 is 0 Å². The topological polar surface area (TPSA) is 93.1 Å². The van der Waals surface area contributed by atoms with E-state index in [1.54, 1.807) is 6.08 Å². The zero-order valence-electron chi connectivity index (χ0n) is 16.2. The third-order valence-corrected chi connectivity index (χ3v) is 4.02. The van der Waals surface area contributed by atoms with E-state index in [2.05, 4.69) is 6.92 Å². The number of aliphatic hydroxyl groups is 1. The quantitative estimate of drug-likeness (QED) is 0.216. The van der Waals surface area contributed by atoms with Crippen molar-refractivity contribution in [2.24, 2.45) is 5.92 Å². The first-order valence-electron chi connectivity index (χ1n) is 9.85. The number of aliphatic hydroxyl groups excluding tert-OH is 1. The molecule has 1 atom stereocenters. The fourth-order valence-electron chi connectivity index (χ4n) is 2.51. The van der Waals surface area contributed by atoms with Gasteiger partial charge in [0.05, 0.1) is 32.2 Å². The molecular weight excluding hydrogens is 336 g/mol. The Balaban J connectivity index is 3.81. The SMILES string of the molecule is CCCCCCCCCCC=CC(CC(=O)OCCOCCO)C(=O)O. The average Bonchev–Trinajstić information content (AvgIpc) is 2.62. The molecular formula is C20H36O6. The molecule has 0 aliphatic rings. The molecule has 0 bridgehead atoms. The zero-order valence-corrected chi connectivity index (χ0v) is 16.2. The summed E-state index contributed by atoms with van der Waals surface area (Å²) >= 11 is 0. The molecule has 152 valence electrons. The summed E-state index contributed by atoms with van der Waals surface area (Å²) in [6.07, 6.45) is 14.0. The lowest BCUT2D eigenvalue weighted by atomic mass is 10.0. The highest BCUT2D eigenvalue weighted by Crippen LogP contribution is 2.12. The van der Waals surface area contributed by atoms with E-state index in [1.807, 2.05) is 6.08 Å². The normalized spacial score (nSPS) is 12.4. The second-order valence-electron chi connectivity index (χ2n) is 6.40. The number of carboxylic acid groups (broad SMARTS) is 1. The minimum absolute atomic E-state index is 0.0626. The Labute approximate surface area is 157 Å². The van der Waals surface area contributed by atoms with Gasteiger partial charge in [-0.25, -0.2) is 0 Å². The summed E-state index contributed by atoms with van der Waals surface area (Å²) in [5.74, 6) is -2.43. The molecule has 6 nitrogen and oxygen atoms in total. The molecule has 0 saturated heterocycles. The maximum Gasteiger partial charge on any atom is 0.310 e. The van der Waals surface area contributed by atoms with Gasteiger partial charge < -0.3 is 19.7 Å². The number of ether oxygens (including phenoxy) is 2. The van der Waals surface area contributed by atoms with E-state index in [-0.39, 0.29) is 32.8 Å². The third kappa shape index (κ3) is 16.1. The lowest BCUT2D eigenvalue weighted by Gasteiger charge is -2.08. The molecule has 26 heavy (non-hydrogen) atoms. The van der Waals surface area contributed by atoms with Crippen LogP contribution in [0.1, 0.15) is 71.1 Å². The van der Waals surface area contributed by atoms with Crippen LogP contribution in [0.2, 0.25) is 0 Å². The molecule has 0 fully saturated rings.